The lowest BCUT2D eigenvalue weighted by molar-refractivity contribution is 0.0749. The van der Waals surface area contributed by atoms with Crippen molar-refractivity contribution in [2.24, 2.45) is 0 Å². The summed E-state index contributed by atoms with van der Waals surface area (Å²) in [4.78, 5) is 14.9. The maximum absolute atomic E-state index is 12.2. The van der Waals surface area contributed by atoms with Crippen LogP contribution in [0.3, 0.4) is 0 Å². The van der Waals surface area contributed by atoms with Gasteiger partial charge < -0.3 is 10.6 Å². The van der Waals surface area contributed by atoms with Crippen molar-refractivity contribution in [1.82, 2.24) is 15.1 Å². The monoisotopic (exact) mass is 284 g/mol. The SMILES string of the molecule is CCN(Cc1ccc(Cl)s1)C(=O)c1[nH]ncc1N. The van der Waals surface area contributed by atoms with Crippen LogP contribution in [0.4, 0.5) is 5.69 Å². The quantitative estimate of drug-likeness (QED) is 0.905. The Morgan fingerprint density at radius 3 is 2.89 bits per heavy atom. The summed E-state index contributed by atoms with van der Waals surface area (Å²) in [5, 5.41) is 6.38. The van der Waals surface area contributed by atoms with Crippen LogP contribution in [0, 0.1) is 0 Å². The molecule has 2 aromatic heterocycles. The molecule has 0 saturated carbocycles. The van der Waals surface area contributed by atoms with Crippen LogP contribution in [0.15, 0.2) is 18.3 Å². The molecule has 0 atom stereocenters. The minimum atomic E-state index is -0.156. The normalized spacial score (nSPS) is 10.6. The number of carbonyl (C=O) groups excluding carboxylic acids is 1. The molecule has 0 bridgehead atoms. The van der Waals surface area contributed by atoms with Gasteiger partial charge >= 0.3 is 0 Å². The first-order valence-corrected chi connectivity index (χ1v) is 6.63. The molecule has 0 unspecified atom stereocenters. The molecule has 3 N–H and O–H groups in total. The molecule has 0 fully saturated rings. The lowest BCUT2D eigenvalue weighted by Gasteiger charge is -2.19. The van der Waals surface area contributed by atoms with Crippen LogP contribution in [0.2, 0.25) is 4.34 Å². The van der Waals surface area contributed by atoms with Crippen molar-refractivity contribution in [3.8, 4) is 0 Å². The van der Waals surface area contributed by atoms with Crippen LogP contribution < -0.4 is 5.73 Å². The maximum atomic E-state index is 12.2. The number of nitrogens with two attached hydrogens (primary N) is 1. The largest absolute Gasteiger partial charge is 0.396 e. The van der Waals surface area contributed by atoms with E-state index in [1.54, 1.807) is 4.90 Å². The van der Waals surface area contributed by atoms with Gasteiger partial charge in [0.25, 0.3) is 5.91 Å². The highest BCUT2D eigenvalue weighted by Gasteiger charge is 2.19. The van der Waals surface area contributed by atoms with Crippen molar-refractivity contribution in [2.75, 3.05) is 12.3 Å². The van der Waals surface area contributed by atoms with E-state index < -0.39 is 0 Å². The van der Waals surface area contributed by atoms with E-state index in [0.29, 0.717) is 24.5 Å². The van der Waals surface area contributed by atoms with Gasteiger partial charge in [-0.2, -0.15) is 5.10 Å². The zero-order valence-electron chi connectivity index (χ0n) is 9.81. The average Bonchev–Trinajstić information content (AvgIpc) is 2.94. The zero-order chi connectivity index (χ0) is 13.1. The van der Waals surface area contributed by atoms with Crippen molar-refractivity contribution in [2.45, 2.75) is 13.5 Å². The number of rotatable bonds is 4. The Hall–Kier alpha value is -1.53. The predicted molar refractivity (Wildman–Crippen MR) is 72.7 cm³/mol. The summed E-state index contributed by atoms with van der Waals surface area (Å²) in [6.45, 7) is 3.03. The number of halogens is 1. The van der Waals surface area contributed by atoms with Gasteiger partial charge in [0.2, 0.25) is 0 Å². The number of nitrogens with one attached hydrogen (secondary N) is 1. The van der Waals surface area contributed by atoms with Crippen LogP contribution in [0.25, 0.3) is 0 Å². The number of carbonyl (C=O) groups is 1. The van der Waals surface area contributed by atoms with Crippen molar-refractivity contribution in [3.05, 3.63) is 33.2 Å². The lowest BCUT2D eigenvalue weighted by atomic mass is 10.3. The Bertz CT molecular complexity index is 551. The van der Waals surface area contributed by atoms with E-state index in [0.717, 1.165) is 9.21 Å². The molecule has 0 aromatic carbocycles. The van der Waals surface area contributed by atoms with Crippen LogP contribution in [0.1, 0.15) is 22.3 Å². The maximum Gasteiger partial charge on any atom is 0.274 e. The second kappa shape index (κ2) is 5.41. The highest BCUT2D eigenvalue weighted by atomic mass is 35.5. The smallest absolute Gasteiger partial charge is 0.274 e. The zero-order valence-corrected chi connectivity index (χ0v) is 11.4. The van der Waals surface area contributed by atoms with Gasteiger partial charge in [-0.15, -0.1) is 11.3 Å². The Kier molecular flexibility index (Phi) is 3.88. The first-order valence-electron chi connectivity index (χ1n) is 5.44. The van der Waals surface area contributed by atoms with Crippen molar-refractivity contribution in [3.63, 3.8) is 0 Å². The molecule has 2 rings (SSSR count). The summed E-state index contributed by atoms with van der Waals surface area (Å²) in [5.41, 5.74) is 6.37. The third-order valence-electron chi connectivity index (χ3n) is 2.53. The number of anilines is 1. The van der Waals surface area contributed by atoms with Gasteiger partial charge in [0.1, 0.15) is 5.69 Å². The molecule has 2 aromatic rings. The second-order valence-corrected chi connectivity index (χ2v) is 5.53. The third-order valence-corrected chi connectivity index (χ3v) is 3.74. The van der Waals surface area contributed by atoms with E-state index in [1.807, 2.05) is 19.1 Å². The molecule has 0 spiro atoms. The van der Waals surface area contributed by atoms with Gasteiger partial charge in [0.15, 0.2) is 0 Å². The van der Waals surface area contributed by atoms with Gasteiger partial charge in [-0.25, -0.2) is 0 Å². The fourth-order valence-electron chi connectivity index (χ4n) is 1.58. The predicted octanol–water partition coefficient (Wildman–Crippen LogP) is 2.37. The Labute approximate surface area is 114 Å². The summed E-state index contributed by atoms with van der Waals surface area (Å²) < 4.78 is 0.717. The third kappa shape index (κ3) is 2.65. The summed E-state index contributed by atoms with van der Waals surface area (Å²) in [5.74, 6) is -0.156. The summed E-state index contributed by atoms with van der Waals surface area (Å²) in [6, 6.07) is 3.74. The van der Waals surface area contributed by atoms with Crippen molar-refractivity contribution in [1.29, 1.82) is 0 Å². The van der Waals surface area contributed by atoms with Gasteiger partial charge in [-0.1, -0.05) is 11.6 Å². The number of aromatic amines is 1. The number of H-pyrrole nitrogens is 1. The highest BCUT2D eigenvalue weighted by Crippen LogP contribution is 2.23. The Balaban J connectivity index is 2.14. The van der Waals surface area contributed by atoms with Crippen molar-refractivity contribution >= 4 is 34.5 Å². The molecular formula is C11H13ClN4OS. The van der Waals surface area contributed by atoms with Crippen LogP contribution in [-0.2, 0) is 6.54 Å². The summed E-state index contributed by atoms with van der Waals surface area (Å²) >= 11 is 7.34. The first-order chi connectivity index (χ1) is 8.61. The Morgan fingerprint density at radius 1 is 1.61 bits per heavy atom. The fourth-order valence-corrected chi connectivity index (χ4v) is 2.68. The molecule has 0 aliphatic carbocycles. The van der Waals surface area contributed by atoms with E-state index in [-0.39, 0.29) is 5.91 Å². The number of thiophene rings is 1. The van der Waals surface area contributed by atoms with Crippen LogP contribution in [0.5, 0.6) is 0 Å². The fraction of sp³-hybridized carbons (Fsp3) is 0.273. The Morgan fingerprint density at radius 2 is 2.39 bits per heavy atom. The minimum Gasteiger partial charge on any atom is -0.396 e. The highest BCUT2D eigenvalue weighted by molar-refractivity contribution is 7.16. The molecule has 5 nitrogen and oxygen atoms in total. The van der Waals surface area contributed by atoms with Gasteiger partial charge in [-0.05, 0) is 19.1 Å². The van der Waals surface area contributed by atoms with Gasteiger partial charge in [0.05, 0.1) is 22.8 Å². The number of hydrogen-bond acceptors (Lipinski definition) is 4. The molecule has 0 radical (unpaired) electrons. The average molecular weight is 285 g/mol. The number of hydrogen-bond donors (Lipinski definition) is 2. The summed E-state index contributed by atoms with van der Waals surface area (Å²) in [6.07, 6.45) is 1.43. The topological polar surface area (TPSA) is 75.0 Å². The number of nitrogens with zero attached hydrogens (tertiary/aromatic N) is 2. The number of amides is 1. The molecule has 18 heavy (non-hydrogen) atoms. The summed E-state index contributed by atoms with van der Waals surface area (Å²) in [7, 11) is 0. The van der Waals surface area contributed by atoms with Crippen LogP contribution in [-0.4, -0.2) is 27.5 Å². The van der Waals surface area contributed by atoms with Crippen LogP contribution >= 0.6 is 22.9 Å². The van der Waals surface area contributed by atoms with Crippen molar-refractivity contribution < 1.29 is 4.79 Å². The lowest BCUT2D eigenvalue weighted by Crippen LogP contribution is -2.30. The molecule has 1 amide bonds. The molecular weight excluding hydrogens is 272 g/mol. The molecule has 96 valence electrons. The van der Waals surface area contributed by atoms with E-state index >= 15 is 0 Å². The molecule has 2 heterocycles. The number of aromatic nitrogens is 2. The second-order valence-electron chi connectivity index (χ2n) is 3.73. The van der Waals surface area contributed by atoms with E-state index in [1.165, 1.54) is 17.5 Å². The van der Waals surface area contributed by atoms with Gasteiger partial charge in [0, 0.05) is 11.4 Å². The standard InChI is InChI=1S/C11H13ClN4OS/c1-2-16(6-7-3-4-9(12)18-7)11(17)10-8(13)5-14-15-10/h3-5H,2,6,13H2,1H3,(H,14,15). The van der Waals surface area contributed by atoms with E-state index in [2.05, 4.69) is 10.2 Å². The minimum absolute atomic E-state index is 0.156. The molecule has 7 heteroatoms. The molecule has 0 saturated heterocycles. The molecule has 0 aliphatic rings. The van der Waals surface area contributed by atoms with E-state index in [4.69, 9.17) is 17.3 Å². The van der Waals surface area contributed by atoms with Gasteiger partial charge in [-0.3, -0.25) is 9.89 Å². The molecule has 0 aliphatic heterocycles. The first kappa shape index (κ1) is 12.9. The van der Waals surface area contributed by atoms with E-state index in [9.17, 15) is 4.79 Å². The number of nitrogen functional groups attached to an aromatic ring is 1.